The quantitative estimate of drug-likeness (QED) is 0.861. The minimum Gasteiger partial charge on any atom is -0.481 e. The number of nitrogens with zero attached hydrogens (tertiary/aromatic N) is 4. The lowest BCUT2D eigenvalue weighted by molar-refractivity contribution is -0.136. The Bertz CT molecular complexity index is 560. The first-order chi connectivity index (χ1) is 8.63. The highest BCUT2D eigenvalue weighted by Gasteiger charge is 2.09. The van der Waals surface area contributed by atoms with Crippen LogP contribution in [0, 0.1) is 0 Å². The van der Waals surface area contributed by atoms with Crippen molar-refractivity contribution in [3.05, 3.63) is 24.0 Å². The molecule has 0 spiro atoms. The fourth-order valence-corrected chi connectivity index (χ4v) is 1.88. The molecule has 6 heteroatoms. The van der Waals surface area contributed by atoms with Crippen LogP contribution in [0.5, 0.6) is 0 Å². The largest absolute Gasteiger partial charge is 0.481 e. The van der Waals surface area contributed by atoms with Crippen LogP contribution in [0.25, 0.3) is 5.65 Å². The van der Waals surface area contributed by atoms with Crippen LogP contribution in [0.3, 0.4) is 0 Å². The first-order valence-electron chi connectivity index (χ1n) is 5.96. The lowest BCUT2D eigenvalue weighted by Gasteiger charge is -2.19. The average molecular weight is 248 g/mol. The number of aromatic nitrogens is 3. The molecule has 0 aliphatic carbocycles. The molecular formula is C12H16N4O2. The van der Waals surface area contributed by atoms with Crippen LogP contribution in [0.2, 0.25) is 0 Å². The number of anilines is 1. The second-order valence-electron chi connectivity index (χ2n) is 3.97. The number of carboxylic acids is 1. The van der Waals surface area contributed by atoms with Crippen molar-refractivity contribution in [2.75, 3.05) is 18.0 Å². The van der Waals surface area contributed by atoms with E-state index in [2.05, 4.69) is 28.8 Å². The van der Waals surface area contributed by atoms with Gasteiger partial charge in [-0.1, -0.05) is 0 Å². The number of carboxylic acid groups (broad SMARTS) is 1. The third kappa shape index (κ3) is 2.42. The minimum atomic E-state index is -0.887. The van der Waals surface area contributed by atoms with Crippen molar-refractivity contribution in [3.63, 3.8) is 0 Å². The average Bonchev–Trinajstić information content (AvgIpc) is 2.71. The number of hydrogen-bond acceptors (Lipinski definition) is 4. The van der Waals surface area contributed by atoms with Crippen LogP contribution in [0.15, 0.2) is 18.3 Å². The van der Waals surface area contributed by atoms with E-state index in [4.69, 9.17) is 5.11 Å². The summed E-state index contributed by atoms with van der Waals surface area (Å²) < 4.78 is 1.63. The lowest BCUT2D eigenvalue weighted by atomic mass is 10.3. The predicted octanol–water partition coefficient (Wildman–Crippen LogP) is 1.20. The Morgan fingerprint density at radius 1 is 1.39 bits per heavy atom. The van der Waals surface area contributed by atoms with Gasteiger partial charge < -0.3 is 10.0 Å². The van der Waals surface area contributed by atoms with Gasteiger partial charge in [-0.25, -0.2) is 9.50 Å². The number of fused-ring (bicyclic) bond motifs is 1. The van der Waals surface area contributed by atoms with E-state index in [1.807, 2.05) is 12.1 Å². The van der Waals surface area contributed by atoms with Crippen LogP contribution in [-0.2, 0) is 11.2 Å². The molecule has 0 saturated carbocycles. The minimum absolute atomic E-state index is 0.0794. The maximum atomic E-state index is 10.6. The topological polar surface area (TPSA) is 70.7 Å². The van der Waals surface area contributed by atoms with Crippen molar-refractivity contribution in [2.24, 2.45) is 0 Å². The van der Waals surface area contributed by atoms with Gasteiger partial charge in [-0.2, -0.15) is 0 Å². The Morgan fingerprint density at radius 3 is 2.72 bits per heavy atom. The molecule has 1 N–H and O–H groups in total. The molecule has 2 aromatic heterocycles. The van der Waals surface area contributed by atoms with Gasteiger partial charge in [0.1, 0.15) is 5.82 Å². The molecule has 96 valence electrons. The Balaban J connectivity index is 2.35. The third-order valence-electron chi connectivity index (χ3n) is 2.78. The summed E-state index contributed by atoms with van der Waals surface area (Å²) >= 11 is 0. The van der Waals surface area contributed by atoms with Crippen LogP contribution in [-0.4, -0.2) is 38.8 Å². The smallest absolute Gasteiger partial charge is 0.309 e. The van der Waals surface area contributed by atoms with E-state index in [-0.39, 0.29) is 6.42 Å². The van der Waals surface area contributed by atoms with Crippen molar-refractivity contribution < 1.29 is 9.90 Å². The molecule has 2 heterocycles. The predicted molar refractivity (Wildman–Crippen MR) is 67.9 cm³/mol. The number of carbonyl (C=O) groups is 1. The van der Waals surface area contributed by atoms with Gasteiger partial charge in [0.2, 0.25) is 0 Å². The monoisotopic (exact) mass is 248 g/mol. The van der Waals surface area contributed by atoms with Crippen molar-refractivity contribution in [1.82, 2.24) is 14.6 Å². The molecule has 0 aliphatic rings. The van der Waals surface area contributed by atoms with Gasteiger partial charge in [0.05, 0.1) is 18.3 Å². The summed E-state index contributed by atoms with van der Waals surface area (Å²) in [4.78, 5) is 17.0. The number of hydrogen-bond donors (Lipinski definition) is 1. The summed E-state index contributed by atoms with van der Waals surface area (Å²) in [7, 11) is 0. The fraction of sp³-hybridized carbons (Fsp3) is 0.417. The van der Waals surface area contributed by atoms with Crippen LogP contribution >= 0.6 is 0 Å². The Kier molecular flexibility index (Phi) is 3.45. The molecule has 0 atom stereocenters. The van der Waals surface area contributed by atoms with E-state index in [0.29, 0.717) is 11.3 Å². The molecule has 0 amide bonds. The lowest BCUT2D eigenvalue weighted by Crippen LogP contribution is -2.23. The molecule has 2 aromatic rings. The van der Waals surface area contributed by atoms with Gasteiger partial charge in [0.25, 0.3) is 0 Å². The first kappa shape index (κ1) is 12.3. The Labute approximate surface area is 105 Å². The van der Waals surface area contributed by atoms with Crippen LogP contribution in [0.4, 0.5) is 5.82 Å². The maximum Gasteiger partial charge on any atom is 0.309 e. The van der Waals surface area contributed by atoms with Gasteiger partial charge in [-0.15, -0.1) is 5.10 Å². The molecule has 0 aliphatic heterocycles. The SMILES string of the molecule is CCN(CC)c1ccc2nc(CC(=O)O)cn2n1. The third-order valence-corrected chi connectivity index (χ3v) is 2.78. The Hall–Kier alpha value is -2.11. The van der Waals surface area contributed by atoms with E-state index >= 15 is 0 Å². The summed E-state index contributed by atoms with van der Waals surface area (Å²) in [6.45, 7) is 5.90. The highest BCUT2D eigenvalue weighted by molar-refractivity contribution is 5.69. The standard InChI is InChI=1S/C12H16N4O2/c1-3-15(4-2)11-6-5-10-13-9(7-12(17)18)8-16(10)14-11/h5-6,8H,3-4,7H2,1-2H3,(H,17,18). The van der Waals surface area contributed by atoms with Crippen molar-refractivity contribution in [2.45, 2.75) is 20.3 Å². The number of imidazole rings is 1. The summed E-state index contributed by atoms with van der Waals surface area (Å²) in [5, 5.41) is 13.2. The highest BCUT2D eigenvalue weighted by Crippen LogP contribution is 2.12. The second-order valence-corrected chi connectivity index (χ2v) is 3.97. The van der Waals surface area contributed by atoms with E-state index in [9.17, 15) is 4.79 Å². The molecule has 0 fully saturated rings. The summed E-state index contributed by atoms with van der Waals surface area (Å²) in [6.07, 6.45) is 1.58. The van der Waals surface area contributed by atoms with Gasteiger partial charge in [-0.3, -0.25) is 4.79 Å². The van der Waals surface area contributed by atoms with Gasteiger partial charge in [0.15, 0.2) is 5.65 Å². The number of rotatable bonds is 5. The molecule has 0 unspecified atom stereocenters. The maximum absolute atomic E-state index is 10.6. The van der Waals surface area contributed by atoms with Gasteiger partial charge in [0, 0.05) is 13.1 Å². The molecule has 0 saturated heterocycles. The molecule has 2 rings (SSSR count). The first-order valence-corrected chi connectivity index (χ1v) is 5.96. The van der Waals surface area contributed by atoms with E-state index in [1.54, 1.807) is 10.7 Å². The van der Waals surface area contributed by atoms with Crippen molar-refractivity contribution >= 4 is 17.4 Å². The normalized spacial score (nSPS) is 10.8. The van der Waals surface area contributed by atoms with Crippen molar-refractivity contribution in [3.8, 4) is 0 Å². The summed E-state index contributed by atoms with van der Waals surface area (Å²) in [6, 6.07) is 3.76. The molecule has 0 bridgehead atoms. The van der Waals surface area contributed by atoms with Crippen molar-refractivity contribution in [1.29, 1.82) is 0 Å². The highest BCUT2D eigenvalue weighted by atomic mass is 16.4. The number of aliphatic carboxylic acids is 1. The molecule has 18 heavy (non-hydrogen) atoms. The van der Waals surface area contributed by atoms with E-state index < -0.39 is 5.97 Å². The molecule has 6 nitrogen and oxygen atoms in total. The zero-order valence-corrected chi connectivity index (χ0v) is 10.5. The van der Waals surface area contributed by atoms with Crippen LogP contribution in [0.1, 0.15) is 19.5 Å². The molecular weight excluding hydrogens is 232 g/mol. The Morgan fingerprint density at radius 2 is 2.11 bits per heavy atom. The zero-order chi connectivity index (χ0) is 13.1. The van der Waals surface area contributed by atoms with Gasteiger partial charge >= 0.3 is 5.97 Å². The van der Waals surface area contributed by atoms with Crippen LogP contribution < -0.4 is 4.90 Å². The van der Waals surface area contributed by atoms with E-state index in [1.165, 1.54) is 0 Å². The van der Waals surface area contributed by atoms with Gasteiger partial charge in [-0.05, 0) is 26.0 Å². The fourth-order valence-electron chi connectivity index (χ4n) is 1.88. The summed E-state index contributed by atoms with van der Waals surface area (Å²) in [5.74, 6) is -0.0193. The molecule has 0 aromatic carbocycles. The molecule has 0 radical (unpaired) electrons. The summed E-state index contributed by atoms with van der Waals surface area (Å²) in [5.41, 5.74) is 1.19. The van der Waals surface area contributed by atoms with E-state index in [0.717, 1.165) is 18.9 Å². The zero-order valence-electron chi connectivity index (χ0n) is 10.5. The second kappa shape index (κ2) is 5.03.